The van der Waals surface area contributed by atoms with Crippen LogP contribution in [0.3, 0.4) is 0 Å². The first-order chi connectivity index (χ1) is 11.3. The second-order valence-electron chi connectivity index (χ2n) is 5.12. The molecule has 1 aromatic carbocycles. The number of amides is 4. The summed E-state index contributed by atoms with van der Waals surface area (Å²) in [4.78, 5) is 45.1. The van der Waals surface area contributed by atoms with E-state index in [1.165, 1.54) is 18.2 Å². The Bertz CT molecular complexity index is 648. The van der Waals surface area contributed by atoms with Gasteiger partial charge in [-0.2, -0.15) is 0 Å². The number of nitrogens with two attached hydrogens (primary N) is 1. The lowest BCUT2D eigenvalue weighted by molar-refractivity contribution is -0.384. The largest absolute Gasteiger partial charge is 0.352 e. The first kappa shape index (κ1) is 18.9. The second-order valence-corrected chi connectivity index (χ2v) is 5.12. The first-order valence-corrected chi connectivity index (χ1v) is 7.16. The zero-order chi connectivity index (χ0) is 18.3. The predicted octanol–water partition coefficient (Wildman–Crippen LogP) is 0.439. The molecule has 0 aromatic heterocycles. The molecule has 0 heterocycles. The minimum Gasteiger partial charge on any atom is -0.352 e. The molecule has 0 aliphatic rings. The van der Waals surface area contributed by atoms with Gasteiger partial charge in [0.25, 0.3) is 17.5 Å². The van der Waals surface area contributed by atoms with Gasteiger partial charge in [0.2, 0.25) is 0 Å². The topological polar surface area (TPSA) is 156 Å². The number of nitro groups is 1. The number of urea groups is 1. The van der Waals surface area contributed by atoms with Crippen LogP contribution in [0.5, 0.6) is 0 Å². The molecule has 10 nitrogen and oxygen atoms in total. The van der Waals surface area contributed by atoms with Crippen LogP contribution in [0.25, 0.3) is 0 Å². The molecule has 24 heavy (non-hydrogen) atoms. The van der Waals surface area contributed by atoms with Crippen molar-refractivity contribution in [3.63, 3.8) is 0 Å². The quantitative estimate of drug-likeness (QED) is 0.437. The van der Waals surface area contributed by atoms with Crippen LogP contribution in [-0.2, 0) is 4.79 Å². The monoisotopic (exact) mass is 337 g/mol. The number of benzene rings is 1. The first-order valence-electron chi connectivity index (χ1n) is 7.16. The highest BCUT2D eigenvalue weighted by Gasteiger charge is 2.25. The Kier molecular flexibility index (Phi) is 6.65. The SMILES string of the molecule is CCC(C)C(NC(N)=O)C(=O)NNC(=O)c1cccc([N+](=O)[O-])c1. The summed E-state index contributed by atoms with van der Waals surface area (Å²) in [5, 5.41) is 13.0. The smallest absolute Gasteiger partial charge is 0.312 e. The number of carbonyl (C=O) groups is 3. The molecule has 10 heteroatoms. The molecule has 2 unspecified atom stereocenters. The standard InChI is InChI=1S/C14H19N5O5/c1-3-8(2)11(16-14(15)22)13(21)18-17-12(20)9-5-4-6-10(7-9)19(23)24/h4-8,11H,3H2,1-2H3,(H,17,20)(H,18,21)(H3,15,16,22). The Morgan fingerprint density at radius 2 is 1.96 bits per heavy atom. The van der Waals surface area contributed by atoms with Gasteiger partial charge in [-0.15, -0.1) is 0 Å². The molecule has 1 aromatic rings. The molecule has 0 saturated heterocycles. The van der Waals surface area contributed by atoms with Gasteiger partial charge in [-0.05, 0) is 12.0 Å². The van der Waals surface area contributed by atoms with E-state index in [0.29, 0.717) is 6.42 Å². The van der Waals surface area contributed by atoms with E-state index in [2.05, 4.69) is 16.2 Å². The molecule has 0 aliphatic carbocycles. The number of primary amides is 1. The van der Waals surface area contributed by atoms with Gasteiger partial charge in [0.05, 0.1) is 4.92 Å². The van der Waals surface area contributed by atoms with Gasteiger partial charge >= 0.3 is 6.03 Å². The summed E-state index contributed by atoms with van der Waals surface area (Å²) in [7, 11) is 0. The number of hydrogen-bond donors (Lipinski definition) is 4. The van der Waals surface area contributed by atoms with Crippen LogP contribution in [0.1, 0.15) is 30.6 Å². The fraction of sp³-hybridized carbons (Fsp3) is 0.357. The number of nitrogens with one attached hydrogen (secondary N) is 3. The molecule has 2 atom stereocenters. The highest BCUT2D eigenvalue weighted by Crippen LogP contribution is 2.12. The third-order valence-electron chi connectivity index (χ3n) is 3.41. The Morgan fingerprint density at radius 3 is 2.50 bits per heavy atom. The van der Waals surface area contributed by atoms with E-state index >= 15 is 0 Å². The van der Waals surface area contributed by atoms with Gasteiger partial charge in [-0.1, -0.05) is 26.3 Å². The van der Waals surface area contributed by atoms with E-state index < -0.39 is 28.8 Å². The zero-order valence-corrected chi connectivity index (χ0v) is 13.2. The Morgan fingerprint density at radius 1 is 1.29 bits per heavy atom. The van der Waals surface area contributed by atoms with E-state index in [0.717, 1.165) is 6.07 Å². The van der Waals surface area contributed by atoms with Gasteiger partial charge in [0, 0.05) is 17.7 Å². The molecule has 0 saturated carbocycles. The van der Waals surface area contributed by atoms with E-state index in [1.807, 2.05) is 6.92 Å². The summed E-state index contributed by atoms with van der Waals surface area (Å²) in [6.45, 7) is 3.57. The molecule has 0 aliphatic heterocycles. The molecule has 5 N–H and O–H groups in total. The van der Waals surface area contributed by atoms with E-state index in [-0.39, 0.29) is 17.2 Å². The summed E-state index contributed by atoms with van der Waals surface area (Å²) >= 11 is 0. The molecule has 0 spiro atoms. The number of nitrogens with zero attached hydrogens (tertiary/aromatic N) is 1. The Labute approximate surface area is 137 Å². The highest BCUT2D eigenvalue weighted by molar-refractivity contribution is 5.96. The van der Waals surface area contributed by atoms with Crippen LogP contribution >= 0.6 is 0 Å². The van der Waals surface area contributed by atoms with Crippen LogP contribution in [0.15, 0.2) is 24.3 Å². The van der Waals surface area contributed by atoms with Crippen LogP contribution in [0.2, 0.25) is 0 Å². The van der Waals surface area contributed by atoms with Crippen molar-refractivity contribution in [1.82, 2.24) is 16.2 Å². The fourth-order valence-electron chi connectivity index (χ4n) is 1.88. The maximum Gasteiger partial charge on any atom is 0.312 e. The number of nitro benzene ring substituents is 1. The van der Waals surface area contributed by atoms with Crippen molar-refractivity contribution < 1.29 is 19.3 Å². The minimum atomic E-state index is -0.919. The maximum atomic E-state index is 12.1. The Hall–Kier alpha value is -3.17. The predicted molar refractivity (Wildman–Crippen MR) is 84.7 cm³/mol. The average Bonchev–Trinajstić information content (AvgIpc) is 2.56. The van der Waals surface area contributed by atoms with Gasteiger partial charge < -0.3 is 11.1 Å². The third kappa shape index (κ3) is 5.23. The summed E-state index contributed by atoms with van der Waals surface area (Å²) in [5.41, 5.74) is 9.11. The zero-order valence-electron chi connectivity index (χ0n) is 13.2. The average molecular weight is 337 g/mol. The maximum absolute atomic E-state index is 12.1. The lowest BCUT2D eigenvalue weighted by Gasteiger charge is -2.22. The van der Waals surface area contributed by atoms with Crippen molar-refractivity contribution >= 4 is 23.5 Å². The number of hydrazine groups is 1. The Balaban J connectivity index is 2.74. The molecule has 0 bridgehead atoms. The molecule has 4 amide bonds. The van der Waals surface area contributed by atoms with E-state index in [4.69, 9.17) is 5.73 Å². The molecular weight excluding hydrogens is 318 g/mol. The van der Waals surface area contributed by atoms with Gasteiger partial charge in [0.15, 0.2) is 0 Å². The normalized spacial score (nSPS) is 12.6. The molecule has 0 radical (unpaired) electrons. The number of non-ortho nitro benzene ring substituents is 1. The lowest BCUT2D eigenvalue weighted by Crippen LogP contribution is -2.55. The molecular formula is C14H19N5O5. The van der Waals surface area contributed by atoms with Crippen molar-refractivity contribution in [2.45, 2.75) is 26.3 Å². The van der Waals surface area contributed by atoms with Crippen molar-refractivity contribution in [2.24, 2.45) is 11.7 Å². The summed E-state index contributed by atoms with van der Waals surface area (Å²) in [6.07, 6.45) is 0.594. The summed E-state index contributed by atoms with van der Waals surface area (Å²) in [6, 6.07) is 3.26. The van der Waals surface area contributed by atoms with Crippen LogP contribution in [0.4, 0.5) is 10.5 Å². The van der Waals surface area contributed by atoms with Gasteiger partial charge in [-0.25, -0.2) is 4.79 Å². The third-order valence-corrected chi connectivity index (χ3v) is 3.41. The van der Waals surface area contributed by atoms with Crippen molar-refractivity contribution in [2.75, 3.05) is 0 Å². The van der Waals surface area contributed by atoms with E-state index in [9.17, 15) is 24.5 Å². The highest BCUT2D eigenvalue weighted by atomic mass is 16.6. The number of rotatable bonds is 6. The minimum absolute atomic E-state index is 0.00690. The van der Waals surface area contributed by atoms with Crippen molar-refractivity contribution in [3.05, 3.63) is 39.9 Å². The molecule has 0 fully saturated rings. The van der Waals surface area contributed by atoms with E-state index in [1.54, 1.807) is 6.92 Å². The van der Waals surface area contributed by atoms with Gasteiger partial charge in [-0.3, -0.25) is 30.6 Å². The van der Waals surface area contributed by atoms with Gasteiger partial charge in [0.1, 0.15) is 6.04 Å². The second kappa shape index (κ2) is 8.46. The summed E-state index contributed by atoms with van der Waals surface area (Å²) < 4.78 is 0. The number of hydrogen-bond acceptors (Lipinski definition) is 5. The summed E-state index contributed by atoms with van der Waals surface area (Å²) in [5.74, 6) is -1.59. The fourth-order valence-corrected chi connectivity index (χ4v) is 1.88. The lowest BCUT2D eigenvalue weighted by atomic mass is 9.99. The van der Waals surface area contributed by atoms with Crippen LogP contribution < -0.4 is 21.9 Å². The molecule has 130 valence electrons. The van der Waals surface area contributed by atoms with Crippen LogP contribution in [0, 0.1) is 16.0 Å². The van der Waals surface area contributed by atoms with Crippen molar-refractivity contribution in [1.29, 1.82) is 0 Å². The molecule has 1 rings (SSSR count). The van der Waals surface area contributed by atoms with Crippen molar-refractivity contribution in [3.8, 4) is 0 Å². The van der Waals surface area contributed by atoms with Crippen LogP contribution in [-0.4, -0.2) is 28.8 Å². The number of carbonyl (C=O) groups excluding carboxylic acids is 3.